The standard InChI is InChI=1S/C20H32N2O3S.CH2O2/c1-15(14-24-4)21(12-18-6-8-19(26-5)9-7-18)13-20(23)22-10-16(2)25-17(3)11-22;2-1-3/h6-9,15-17H,10-14H2,1-5H3;1H,(H,2,3)/t15?,16-,17+;. The lowest BCUT2D eigenvalue weighted by atomic mass is 10.1. The number of methoxy groups -OCH3 is 1. The van der Waals surface area contributed by atoms with Gasteiger partial charge in [-0.25, -0.2) is 0 Å². The van der Waals surface area contributed by atoms with Crippen LogP contribution in [-0.2, 0) is 25.6 Å². The fourth-order valence-corrected chi connectivity index (χ4v) is 3.74. The zero-order valence-corrected chi connectivity index (χ0v) is 18.9. The zero-order chi connectivity index (χ0) is 21.8. The lowest BCUT2D eigenvalue weighted by Gasteiger charge is -2.37. The van der Waals surface area contributed by atoms with E-state index in [0.29, 0.717) is 26.2 Å². The van der Waals surface area contributed by atoms with Crippen molar-refractivity contribution in [3.05, 3.63) is 29.8 Å². The van der Waals surface area contributed by atoms with Gasteiger partial charge in [0, 0.05) is 37.7 Å². The second-order valence-corrected chi connectivity index (χ2v) is 8.10. The first kappa shape index (κ1) is 25.4. The number of benzene rings is 1. The van der Waals surface area contributed by atoms with Gasteiger partial charge in [0.15, 0.2) is 0 Å². The Balaban J connectivity index is 0.00000132. The summed E-state index contributed by atoms with van der Waals surface area (Å²) >= 11 is 1.73. The van der Waals surface area contributed by atoms with Gasteiger partial charge in [0.1, 0.15) is 0 Å². The van der Waals surface area contributed by atoms with E-state index in [9.17, 15) is 4.79 Å². The Hall–Kier alpha value is -1.61. The summed E-state index contributed by atoms with van der Waals surface area (Å²) in [4.78, 5) is 26.6. The van der Waals surface area contributed by atoms with Crippen LogP contribution in [0.15, 0.2) is 29.2 Å². The molecule has 1 unspecified atom stereocenters. The molecule has 0 saturated carbocycles. The minimum absolute atomic E-state index is 0.0895. The molecule has 1 amide bonds. The summed E-state index contributed by atoms with van der Waals surface area (Å²) in [6, 6.07) is 8.71. The second kappa shape index (κ2) is 13.6. The molecule has 1 aromatic carbocycles. The van der Waals surface area contributed by atoms with Gasteiger partial charge in [-0.1, -0.05) is 12.1 Å². The normalized spacial score (nSPS) is 20.0. The lowest BCUT2D eigenvalue weighted by molar-refractivity contribution is -0.145. The van der Waals surface area contributed by atoms with E-state index in [1.165, 1.54) is 10.5 Å². The number of rotatable bonds is 8. The van der Waals surface area contributed by atoms with Crippen molar-refractivity contribution >= 4 is 24.1 Å². The topological polar surface area (TPSA) is 79.3 Å². The van der Waals surface area contributed by atoms with Crippen molar-refractivity contribution < 1.29 is 24.2 Å². The van der Waals surface area contributed by atoms with E-state index in [0.717, 1.165) is 6.54 Å². The molecule has 1 saturated heterocycles. The Morgan fingerprint density at radius 2 is 1.90 bits per heavy atom. The smallest absolute Gasteiger partial charge is 0.290 e. The van der Waals surface area contributed by atoms with Crippen LogP contribution in [-0.4, -0.2) is 85.1 Å². The molecule has 1 N–H and O–H groups in total. The van der Waals surface area contributed by atoms with Crippen LogP contribution in [0.3, 0.4) is 0 Å². The van der Waals surface area contributed by atoms with Crippen molar-refractivity contribution in [1.82, 2.24) is 9.80 Å². The number of nitrogens with zero attached hydrogens (tertiary/aromatic N) is 2. The molecule has 0 spiro atoms. The average molecular weight is 427 g/mol. The third-order valence-electron chi connectivity index (χ3n) is 4.69. The Kier molecular flexibility index (Phi) is 11.9. The van der Waals surface area contributed by atoms with Crippen LogP contribution in [0, 0.1) is 0 Å². The number of morpholine rings is 1. The van der Waals surface area contributed by atoms with Crippen LogP contribution in [0.2, 0.25) is 0 Å². The monoisotopic (exact) mass is 426 g/mol. The van der Waals surface area contributed by atoms with E-state index in [2.05, 4.69) is 42.3 Å². The van der Waals surface area contributed by atoms with E-state index in [1.54, 1.807) is 18.9 Å². The van der Waals surface area contributed by atoms with Gasteiger partial charge in [0.2, 0.25) is 5.91 Å². The van der Waals surface area contributed by atoms with Gasteiger partial charge < -0.3 is 19.5 Å². The van der Waals surface area contributed by atoms with Crippen molar-refractivity contribution in [2.24, 2.45) is 0 Å². The molecule has 0 aromatic heterocycles. The zero-order valence-electron chi connectivity index (χ0n) is 18.0. The molecular weight excluding hydrogens is 392 g/mol. The summed E-state index contributed by atoms with van der Waals surface area (Å²) in [6.45, 7) is 8.97. The molecule has 0 radical (unpaired) electrons. The van der Waals surface area contributed by atoms with Crippen molar-refractivity contribution in [1.29, 1.82) is 0 Å². The van der Waals surface area contributed by atoms with Crippen LogP contribution in [0.25, 0.3) is 0 Å². The molecular formula is C21H34N2O5S. The highest BCUT2D eigenvalue weighted by atomic mass is 32.2. The van der Waals surface area contributed by atoms with E-state index in [-0.39, 0.29) is 30.6 Å². The summed E-state index contributed by atoms with van der Waals surface area (Å²) < 4.78 is 11.1. The molecule has 1 aliphatic rings. The summed E-state index contributed by atoms with van der Waals surface area (Å²) in [5, 5.41) is 6.89. The number of hydrogen-bond donors (Lipinski definition) is 1. The summed E-state index contributed by atoms with van der Waals surface area (Å²) in [5.41, 5.74) is 1.21. The molecule has 29 heavy (non-hydrogen) atoms. The Labute approximate surface area is 178 Å². The fraction of sp³-hybridized carbons (Fsp3) is 0.619. The number of amides is 1. The molecule has 1 heterocycles. The maximum Gasteiger partial charge on any atom is 0.290 e. The van der Waals surface area contributed by atoms with Crippen LogP contribution in [0.4, 0.5) is 0 Å². The minimum atomic E-state index is -0.250. The third kappa shape index (κ3) is 9.16. The Morgan fingerprint density at radius 1 is 1.34 bits per heavy atom. The van der Waals surface area contributed by atoms with Crippen LogP contribution >= 0.6 is 11.8 Å². The summed E-state index contributed by atoms with van der Waals surface area (Å²) in [5.74, 6) is 0.163. The molecule has 3 atom stereocenters. The first-order chi connectivity index (χ1) is 13.8. The highest BCUT2D eigenvalue weighted by Crippen LogP contribution is 2.17. The lowest BCUT2D eigenvalue weighted by Crippen LogP contribution is -2.52. The van der Waals surface area contributed by atoms with E-state index in [4.69, 9.17) is 19.4 Å². The van der Waals surface area contributed by atoms with Gasteiger partial charge in [-0.05, 0) is 44.7 Å². The van der Waals surface area contributed by atoms with Crippen molar-refractivity contribution in [2.75, 3.05) is 39.6 Å². The number of ether oxygens (including phenoxy) is 2. The average Bonchev–Trinajstić information content (AvgIpc) is 2.68. The van der Waals surface area contributed by atoms with Crippen molar-refractivity contribution in [3.8, 4) is 0 Å². The maximum absolute atomic E-state index is 12.9. The number of carboxylic acid groups (broad SMARTS) is 1. The molecule has 2 rings (SSSR count). The predicted octanol–water partition coefficient (Wildman–Crippen LogP) is 2.58. The molecule has 0 aliphatic carbocycles. The number of hydrogen-bond acceptors (Lipinski definition) is 6. The highest BCUT2D eigenvalue weighted by molar-refractivity contribution is 7.98. The molecule has 8 heteroatoms. The van der Waals surface area contributed by atoms with Crippen molar-refractivity contribution in [2.45, 2.75) is 50.5 Å². The van der Waals surface area contributed by atoms with Crippen LogP contribution in [0.1, 0.15) is 26.3 Å². The van der Waals surface area contributed by atoms with Gasteiger partial charge in [-0.15, -0.1) is 11.8 Å². The van der Waals surface area contributed by atoms with Crippen LogP contribution in [0.5, 0.6) is 0 Å². The summed E-state index contributed by atoms with van der Waals surface area (Å²) in [7, 11) is 1.70. The minimum Gasteiger partial charge on any atom is -0.483 e. The number of thioether (sulfide) groups is 1. The third-order valence-corrected chi connectivity index (χ3v) is 5.43. The van der Waals surface area contributed by atoms with E-state index < -0.39 is 0 Å². The molecule has 0 bridgehead atoms. The summed E-state index contributed by atoms with van der Waals surface area (Å²) in [6.07, 6.45) is 2.25. The Bertz CT molecular complexity index is 604. The Morgan fingerprint density at radius 3 is 2.38 bits per heavy atom. The largest absolute Gasteiger partial charge is 0.483 e. The van der Waals surface area contributed by atoms with E-state index in [1.807, 2.05) is 18.7 Å². The van der Waals surface area contributed by atoms with Gasteiger partial charge in [-0.3, -0.25) is 14.5 Å². The predicted molar refractivity (Wildman–Crippen MR) is 115 cm³/mol. The first-order valence-electron chi connectivity index (χ1n) is 9.71. The van der Waals surface area contributed by atoms with Crippen LogP contribution < -0.4 is 0 Å². The van der Waals surface area contributed by atoms with Gasteiger partial charge >= 0.3 is 0 Å². The highest BCUT2D eigenvalue weighted by Gasteiger charge is 2.28. The van der Waals surface area contributed by atoms with E-state index >= 15 is 0 Å². The molecule has 1 fully saturated rings. The molecule has 7 nitrogen and oxygen atoms in total. The number of carbonyl (C=O) groups excluding carboxylic acids is 1. The molecule has 1 aliphatic heterocycles. The SMILES string of the molecule is COCC(C)N(CC(=O)N1C[C@@H](C)O[C@@H](C)C1)Cc1ccc(SC)cc1.O=CO. The fourth-order valence-electron chi connectivity index (χ4n) is 3.33. The molecule has 1 aromatic rings. The van der Waals surface area contributed by atoms with Gasteiger partial charge in [0.05, 0.1) is 25.4 Å². The molecule has 164 valence electrons. The second-order valence-electron chi connectivity index (χ2n) is 7.22. The first-order valence-corrected chi connectivity index (χ1v) is 10.9. The number of carbonyl (C=O) groups is 2. The quantitative estimate of drug-likeness (QED) is 0.505. The van der Waals surface area contributed by atoms with Crippen molar-refractivity contribution in [3.63, 3.8) is 0 Å². The van der Waals surface area contributed by atoms with Gasteiger partial charge in [0.25, 0.3) is 6.47 Å². The maximum atomic E-state index is 12.9. The van der Waals surface area contributed by atoms with Gasteiger partial charge in [-0.2, -0.15) is 0 Å².